The van der Waals surface area contributed by atoms with E-state index in [1.807, 2.05) is 11.8 Å². The molecule has 2 aliphatic rings. The van der Waals surface area contributed by atoms with Gasteiger partial charge in [-0.3, -0.25) is 9.80 Å². The van der Waals surface area contributed by atoms with Crippen molar-refractivity contribution in [3.8, 4) is 0 Å². The fourth-order valence-corrected chi connectivity index (χ4v) is 3.96. The van der Waals surface area contributed by atoms with E-state index in [1.165, 1.54) is 12.1 Å². The van der Waals surface area contributed by atoms with Crippen LogP contribution < -0.4 is 0 Å². The highest BCUT2D eigenvalue weighted by atomic mass is 19.1. The van der Waals surface area contributed by atoms with Crippen LogP contribution in [0.3, 0.4) is 0 Å². The number of halogens is 1. The summed E-state index contributed by atoms with van der Waals surface area (Å²) in [5, 5.41) is 0. The van der Waals surface area contributed by atoms with Crippen LogP contribution in [0.25, 0.3) is 0 Å². The number of fused-ring (bicyclic) bond motifs is 1. The van der Waals surface area contributed by atoms with E-state index in [9.17, 15) is 9.18 Å². The zero-order valence-corrected chi connectivity index (χ0v) is 15.7. The van der Waals surface area contributed by atoms with E-state index in [0.717, 1.165) is 48.8 Å². The van der Waals surface area contributed by atoms with Gasteiger partial charge in [-0.25, -0.2) is 14.2 Å². The first-order chi connectivity index (χ1) is 13.0. The van der Waals surface area contributed by atoms with Crippen LogP contribution in [-0.4, -0.2) is 57.6 Å². The lowest BCUT2D eigenvalue weighted by atomic mass is 10.1. The van der Waals surface area contributed by atoms with E-state index in [4.69, 9.17) is 4.74 Å². The van der Waals surface area contributed by atoms with Crippen molar-refractivity contribution >= 4 is 6.09 Å². The second-order valence-electron chi connectivity index (χ2n) is 7.36. The number of likely N-dealkylation sites (tertiary alicyclic amines) is 1. The Balaban J connectivity index is 1.37. The molecule has 1 aromatic carbocycles. The summed E-state index contributed by atoms with van der Waals surface area (Å²) in [5.74, 6) is 0.764. The summed E-state index contributed by atoms with van der Waals surface area (Å²) in [5.41, 5.74) is 3.19. The SMILES string of the molecule is CCc1nc(CN2C[C@H]3OC(=O)N(CCc4ccc(F)cc4)[C@H]3C2)c(C)[nH]1. The number of nitrogens with one attached hydrogen (secondary N) is 1. The van der Waals surface area contributed by atoms with Crippen LogP contribution >= 0.6 is 0 Å². The number of aryl methyl sites for hydroxylation is 2. The van der Waals surface area contributed by atoms with E-state index in [2.05, 4.69) is 21.8 Å². The van der Waals surface area contributed by atoms with Crippen molar-refractivity contribution in [2.75, 3.05) is 19.6 Å². The number of benzene rings is 1. The molecule has 0 spiro atoms. The van der Waals surface area contributed by atoms with Crippen LogP contribution in [0.2, 0.25) is 0 Å². The van der Waals surface area contributed by atoms with E-state index in [0.29, 0.717) is 13.0 Å². The molecule has 0 saturated carbocycles. The summed E-state index contributed by atoms with van der Waals surface area (Å²) in [6.07, 6.45) is 1.25. The molecule has 2 aliphatic heterocycles. The number of aromatic amines is 1. The quantitative estimate of drug-likeness (QED) is 0.847. The summed E-state index contributed by atoms with van der Waals surface area (Å²) in [6, 6.07) is 6.51. The minimum atomic E-state index is -0.245. The Labute approximate surface area is 158 Å². The smallest absolute Gasteiger partial charge is 0.410 e. The molecule has 2 atom stereocenters. The van der Waals surface area contributed by atoms with Gasteiger partial charge in [-0.05, 0) is 31.0 Å². The van der Waals surface area contributed by atoms with Gasteiger partial charge in [0.1, 0.15) is 17.7 Å². The fraction of sp³-hybridized carbons (Fsp3) is 0.500. The Morgan fingerprint density at radius 3 is 2.78 bits per heavy atom. The van der Waals surface area contributed by atoms with Crippen LogP contribution in [-0.2, 0) is 24.1 Å². The van der Waals surface area contributed by atoms with E-state index >= 15 is 0 Å². The van der Waals surface area contributed by atoms with Gasteiger partial charge in [-0.1, -0.05) is 19.1 Å². The van der Waals surface area contributed by atoms with Crippen LogP contribution in [0, 0.1) is 12.7 Å². The first-order valence-corrected chi connectivity index (χ1v) is 9.52. The standard InChI is InChI=1S/C20H25FN4O2/c1-3-19-22-13(2)16(23-19)10-24-11-17-18(12-24)27-20(26)25(17)9-8-14-4-6-15(21)7-5-14/h4-7,17-18H,3,8-12H2,1-2H3,(H,22,23)/t17-,18+/m0/s1. The highest BCUT2D eigenvalue weighted by molar-refractivity contribution is 5.71. The molecule has 27 heavy (non-hydrogen) atoms. The molecule has 3 heterocycles. The van der Waals surface area contributed by atoms with Crippen LogP contribution in [0.1, 0.15) is 29.7 Å². The Bertz CT molecular complexity index is 820. The van der Waals surface area contributed by atoms with E-state index < -0.39 is 0 Å². The van der Waals surface area contributed by atoms with Gasteiger partial charge < -0.3 is 9.72 Å². The molecular weight excluding hydrogens is 347 g/mol. The Morgan fingerprint density at radius 2 is 2.07 bits per heavy atom. The molecule has 0 unspecified atom stereocenters. The number of hydrogen-bond donors (Lipinski definition) is 1. The molecule has 0 bridgehead atoms. The number of carbonyl (C=O) groups is 1. The molecule has 7 heteroatoms. The van der Waals surface area contributed by atoms with E-state index in [1.54, 1.807) is 12.1 Å². The second kappa shape index (κ2) is 7.31. The zero-order valence-electron chi connectivity index (χ0n) is 15.7. The molecule has 0 radical (unpaired) electrons. The third-order valence-electron chi connectivity index (χ3n) is 5.50. The number of aromatic nitrogens is 2. The maximum absolute atomic E-state index is 13.0. The van der Waals surface area contributed by atoms with E-state index in [-0.39, 0.29) is 24.1 Å². The number of imidazole rings is 1. The normalized spacial score (nSPS) is 22.3. The Kier molecular flexibility index (Phi) is 4.86. The molecule has 2 aromatic rings. The van der Waals surface area contributed by atoms with Crippen molar-refractivity contribution in [2.45, 2.75) is 45.4 Å². The number of hydrogen-bond acceptors (Lipinski definition) is 4. The van der Waals surface area contributed by atoms with Crippen molar-refractivity contribution in [1.29, 1.82) is 0 Å². The maximum Gasteiger partial charge on any atom is 0.410 e. The van der Waals surface area contributed by atoms with Gasteiger partial charge in [0.15, 0.2) is 0 Å². The minimum absolute atomic E-state index is 0.0721. The maximum atomic E-state index is 13.0. The predicted molar refractivity (Wildman–Crippen MR) is 98.8 cm³/mol. The number of H-pyrrole nitrogens is 1. The summed E-state index contributed by atoms with van der Waals surface area (Å²) in [4.78, 5) is 24.3. The first kappa shape index (κ1) is 18.0. The predicted octanol–water partition coefficient (Wildman–Crippen LogP) is 2.67. The third kappa shape index (κ3) is 3.69. The van der Waals surface area contributed by atoms with Gasteiger partial charge in [-0.15, -0.1) is 0 Å². The van der Waals surface area contributed by atoms with Gasteiger partial charge in [0.25, 0.3) is 0 Å². The molecule has 1 aromatic heterocycles. The number of ether oxygens (including phenoxy) is 1. The van der Waals surface area contributed by atoms with Crippen molar-refractivity contribution in [1.82, 2.24) is 19.8 Å². The second-order valence-corrected chi connectivity index (χ2v) is 7.36. The molecule has 1 N–H and O–H groups in total. The van der Waals surface area contributed by atoms with Gasteiger partial charge in [0.2, 0.25) is 0 Å². The average molecular weight is 372 g/mol. The molecule has 6 nitrogen and oxygen atoms in total. The number of rotatable bonds is 6. The fourth-order valence-electron chi connectivity index (χ4n) is 3.96. The minimum Gasteiger partial charge on any atom is -0.442 e. The number of nitrogens with zero attached hydrogens (tertiary/aromatic N) is 3. The lowest BCUT2D eigenvalue weighted by Crippen LogP contribution is -2.39. The largest absolute Gasteiger partial charge is 0.442 e. The molecule has 4 rings (SSSR count). The first-order valence-electron chi connectivity index (χ1n) is 9.52. The lowest BCUT2D eigenvalue weighted by Gasteiger charge is -2.22. The Morgan fingerprint density at radius 1 is 1.30 bits per heavy atom. The third-order valence-corrected chi connectivity index (χ3v) is 5.50. The van der Waals surface area contributed by atoms with Crippen molar-refractivity contribution < 1.29 is 13.9 Å². The molecule has 0 aliphatic carbocycles. The van der Waals surface area contributed by atoms with Crippen molar-refractivity contribution in [2.24, 2.45) is 0 Å². The van der Waals surface area contributed by atoms with Gasteiger partial charge >= 0.3 is 6.09 Å². The number of amides is 1. The van der Waals surface area contributed by atoms with Crippen molar-refractivity contribution in [3.63, 3.8) is 0 Å². The van der Waals surface area contributed by atoms with Gasteiger partial charge in [-0.2, -0.15) is 0 Å². The summed E-state index contributed by atoms with van der Waals surface area (Å²) in [7, 11) is 0. The molecule has 2 saturated heterocycles. The Hall–Kier alpha value is -2.41. The average Bonchev–Trinajstić information content (AvgIpc) is 3.28. The highest BCUT2D eigenvalue weighted by Gasteiger charge is 2.47. The van der Waals surface area contributed by atoms with Gasteiger partial charge in [0, 0.05) is 38.3 Å². The summed E-state index contributed by atoms with van der Waals surface area (Å²) in [6.45, 7) is 7.00. The monoisotopic (exact) mass is 372 g/mol. The lowest BCUT2D eigenvalue weighted by molar-refractivity contribution is 0.120. The number of carbonyl (C=O) groups excluding carboxylic acids is 1. The zero-order chi connectivity index (χ0) is 19.0. The van der Waals surface area contributed by atoms with Crippen molar-refractivity contribution in [3.05, 3.63) is 52.9 Å². The molecular formula is C20H25FN4O2. The molecule has 1 amide bonds. The van der Waals surface area contributed by atoms with Gasteiger partial charge in [0.05, 0.1) is 11.7 Å². The summed E-state index contributed by atoms with van der Waals surface area (Å²) >= 11 is 0. The summed E-state index contributed by atoms with van der Waals surface area (Å²) < 4.78 is 18.6. The van der Waals surface area contributed by atoms with Crippen LogP contribution in [0.4, 0.5) is 9.18 Å². The van der Waals surface area contributed by atoms with Crippen LogP contribution in [0.5, 0.6) is 0 Å². The highest BCUT2D eigenvalue weighted by Crippen LogP contribution is 2.28. The molecule has 144 valence electrons. The van der Waals surface area contributed by atoms with Crippen LogP contribution in [0.15, 0.2) is 24.3 Å². The molecule has 2 fully saturated rings. The topological polar surface area (TPSA) is 61.5 Å².